The zero-order valence-corrected chi connectivity index (χ0v) is 12.3. The summed E-state index contributed by atoms with van der Waals surface area (Å²) in [4.78, 5) is 4.33. The highest BCUT2D eigenvalue weighted by Gasteiger charge is 2.01. The molecule has 1 aromatic heterocycles. The van der Waals surface area contributed by atoms with Gasteiger partial charge in [0, 0.05) is 34.4 Å². The average Bonchev–Trinajstić information content (AvgIpc) is 3.01. The van der Waals surface area contributed by atoms with Gasteiger partial charge in [-0.1, -0.05) is 35.9 Å². The normalized spacial score (nSPS) is 10.4. The Morgan fingerprint density at radius 2 is 1.95 bits per heavy atom. The SMILES string of the molecule is Clc1ccc(CNc2cccc(-c3nccs3)c2)cc1. The van der Waals surface area contributed by atoms with E-state index in [1.807, 2.05) is 41.9 Å². The van der Waals surface area contributed by atoms with E-state index >= 15 is 0 Å². The Bertz CT molecular complexity index is 678. The molecule has 4 heteroatoms. The standard InChI is InChI=1S/C16H13ClN2S/c17-14-6-4-12(5-7-14)11-19-15-3-1-2-13(10-15)16-18-8-9-20-16/h1-10,19H,11H2. The molecule has 0 aliphatic heterocycles. The van der Waals surface area contributed by atoms with Crippen LogP contribution in [0.1, 0.15) is 5.56 Å². The minimum atomic E-state index is 0.763. The fourth-order valence-corrected chi connectivity index (χ4v) is 2.70. The molecule has 0 radical (unpaired) electrons. The predicted octanol–water partition coefficient (Wildman–Crippen LogP) is 5.08. The van der Waals surface area contributed by atoms with Crippen molar-refractivity contribution in [2.24, 2.45) is 0 Å². The first-order valence-electron chi connectivity index (χ1n) is 6.29. The van der Waals surface area contributed by atoms with Crippen LogP contribution in [0.2, 0.25) is 5.02 Å². The summed E-state index contributed by atoms with van der Waals surface area (Å²) in [5, 5.41) is 7.21. The van der Waals surface area contributed by atoms with E-state index < -0.39 is 0 Å². The molecule has 0 amide bonds. The molecule has 0 atom stereocenters. The van der Waals surface area contributed by atoms with Gasteiger partial charge in [0.1, 0.15) is 5.01 Å². The summed E-state index contributed by atoms with van der Waals surface area (Å²) in [5.74, 6) is 0. The van der Waals surface area contributed by atoms with Crippen LogP contribution in [0.4, 0.5) is 5.69 Å². The predicted molar refractivity (Wildman–Crippen MR) is 86.3 cm³/mol. The number of rotatable bonds is 4. The average molecular weight is 301 g/mol. The lowest BCUT2D eigenvalue weighted by Crippen LogP contribution is -1.99. The summed E-state index contributed by atoms with van der Waals surface area (Å²) < 4.78 is 0. The molecular weight excluding hydrogens is 288 g/mol. The lowest BCUT2D eigenvalue weighted by molar-refractivity contribution is 1.15. The second-order valence-electron chi connectivity index (χ2n) is 4.40. The molecule has 0 saturated carbocycles. The Labute approximate surface area is 127 Å². The summed E-state index contributed by atoms with van der Waals surface area (Å²) in [6.07, 6.45) is 1.83. The van der Waals surface area contributed by atoms with E-state index in [1.165, 1.54) is 5.56 Å². The number of benzene rings is 2. The van der Waals surface area contributed by atoms with Crippen molar-refractivity contribution in [1.82, 2.24) is 4.98 Å². The monoisotopic (exact) mass is 300 g/mol. The van der Waals surface area contributed by atoms with E-state index in [9.17, 15) is 0 Å². The van der Waals surface area contributed by atoms with Gasteiger partial charge in [0.2, 0.25) is 0 Å². The number of nitrogens with one attached hydrogen (secondary N) is 1. The molecule has 1 heterocycles. The van der Waals surface area contributed by atoms with Crippen LogP contribution in [0.3, 0.4) is 0 Å². The first-order valence-corrected chi connectivity index (χ1v) is 7.55. The molecule has 2 aromatic carbocycles. The lowest BCUT2D eigenvalue weighted by Gasteiger charge is -2.08. The van der Waals surface area contributed by atoms with Crippen molar-refractivity contribution in [3.05, 3.63) is 70.7 Å². The highest BCUT2D eigenvalue weighted by molar-refractivity contribution is 7.13. The third-order valence-electron chi connectivity index (χ3n) is 2.95. The largest absolute Gasteiger partial charge is 0.381 e. The van der Waals surface area contributed by atoms with Gasteiger partial charge in [-0.2, -0.15) is 0 Å². The molecular formula is C16H13ClN2S. The summed E-state index contributed by atoms with van der Waals surface area (Å²) in [5.41, 5.74) is 3.43. The van der Waals surface area contributed by atoms with Crippen LogP contribution in [0.25, 0.3) is 10.6 Å². The molecule has 20 heavy (non-hydrogen) atoms. The number of nitrogens with zero attached hydrogens (tertiary/aromatic N) is 1. The minimum Gasteiger partial charge on any atom is -0.381 e. The maximum absolute atomic E-state index is 5.88. The quantitative estimate of drug-likeness (QED) is 0.727. The molecule has 0 saturated heterocycles. The molecule has 0 unspecified atom stereocenters. The van der Waals surface area contributed by atoms with Gasteiger partial charge in [-0.25, -0.2) is 4.98 Å². The molecule has 100 valence electrons. The van der Waals surface area contributed by atoms with Crippen molar-refractivity contribution in [2.75, 3.05) is 5.32 Å². The molecule has 0 aliphatic carbocycles. The fraction of sp³-hybridized carbons (Fsp3) is 0.0625. The Morgan fingerprint density at radius 3 is 2.70 bits per heavy atom. The summed E-state index contributed by atoms with van der Waals surface area (Å²) in [6, 6.07) is 16.2. The zero-order valence-electron chi connectivity index (χ0n) is 10.7. The van der Waals surface area contributed by atoms with E-state index in [0.29, 0.717) is 0 Å². The number of hydrogen-bond donors (Lipinski definition) is 1. The van der Waals surface area contributed by atoms with Gasteiger partial charge < -0.3 is 5.32 Å². The van der Waals surface area contributed by atoms with Crippen LogP contribution >= 0.6 is 22.9 Å². The van der Waals surface area contributed by atoms with Crippen molar-refractivity contribution in [1.29, 1.82) is 0 Å². The van der Waals surface area contributed by atoms with E-state index in [0.717, 1.165) is 27.8 Å². The lowest BCUT2D eigenvalue weighted by atomic mass is 10.2. The van der Waals surface area contributed by atoms with Crippen molar-refractivity contribution >= 4 is 28.6 Å². The molecule has 0 aliphatic rings. The number of hydrogen-bond acceptors (Lipinski definition) is 3. The second kappa shape index (κ2) is 6.07. The van der Waals surface area contributed by atoms with Gasteiger partial charge in [-0.3, -0.25) is 0 Å². The first kappa shape index (κ1) is 13.2. The van der Waals surface area contributed by atoms with Crippen molar-refractivity contribution in [2.45, 2.75) is 6.54 Å². The fourth-order valence-electron chi connectivity index (χ4n) is 1.93. The van der Waals surface area contributed by atoms with E-state index in [4.69, 9.17) is 11.6 Å². The first-order chi connectivity index (χ1) is 9.81. The number of anilines is 1. The summed E-state index contributed by atoms with van der Waals surface area (Å²) in [6.45, 7) is 0.776. The summed E-state index contributed by atoms with van der Waals surface area (Å²) in [7, 11) is 0. The van der Waals surface area contributed by atoms with Crippen LogP contribution < -0.4 is 5.32 Å². The van der Waals surface area contributed by atoms with E-state index in [1.54, 1.807) is 11.3 Å². The van der Waals surface area contributed by atoms with Gasteiger partial charge in [0.05, 0.1) is 0 Å². The van der Waals surface area contributed by atoms with Crippen molar-refractivity contribution < 1.29 is 0 Å². The maximum Gasteiger partial charge on any atom is 0.123 e. The van der Waals surface area contributed by atoms with Crippen molar-refractivity contribution in [3.63, 3.8) is 0 Å². The van der Waals surface area contributed by atoms with Crippen LogP contribution in [-0.4, -0.2) is 4.98 Å². The van der Waals surface area contributed by atoms with Crippen LogP contribution in [0.15, 0.2) is 60.1 Å². The highest BCUT2D eigenvalue weighted by Crippen LogP contribution is 2.24. The minimum absolute atomic E-state index is 0.763. The molecule has 0 bridgehead atoms. The Morgan fingerprint density at radius 1 is 1.10 bits per heavy atom. The molecule has 2 nitrogen and oxygen atoms in total. The van der Waals surface area contributed by atoms with Gasteiger partial charge in [0.15, 0.2) is 0 Å². The Kier molecular flexibility index (Phi) is 4.00. The van der Waals surface area contributed by atoms with E-state index in [2.05, 4.69) is 28.5 Å². The molecule has 0 spiro atoms. The number of halogens is 1. The third-order valence-corrected chi connectivity index (χ3v) is 4.03. The van der Waals surface area contributed by atoms with Crippen molar-refractivity contribution in [3.8, 4) is 10.6 Å². The van der Waals surface area contributed by atoms with Gasteiger partial charge in [-0.15, -0.1) is 11.3 Å². The Hall–Kier alpha value is -1.84. The molecule has 0 fully saturated rings. The molecule has 3 rings (SSSR count). The summed E-state index contributed by atoms with van der Waals surface area (Å²) >= 11 is 7.53. The third kappa shape index (κ3) is 3.18. The van der Waals surface area contributed by atoms with Crippen LogP contribution in [0, 0.1) is 0 Å². The number of aromatic nitrogens is 1. The van der Waals surface area contributed by atoms with Gasteiger partial charge >= 0.3 is 0 Å². The highest BCUT2D eigenvalue weighted by atomic mass is 35.5. The second-order valence-corrected chi connectivity index (χ2v) is 5.73. The van der Waals surface area contributed by atoms with Crippen LogP contribution in [0.5, 0.6) is 0 Å². The topological polar surface area (TPSA) is 24.9 Å². The Balaban J connectivity index is 1.72. The molecule has 3 aromatic rings. The van der Waals surface area contributed by atoms with E-state index in [-0.39, 0.29) is 0 Å². The molecule has 1 N–H and O–H groups in total. The zero-order chi connectivity index (χ0) is 13.8. The van der Waals surface area contributed by atoms with Crippen LogP contribution in [-0.2, 0) is 6.54 Å². The smallest absolute Gasteiger partial charge is 0.123 e. The van der Waals surface area contributed by atoms with Gasteiger partial charge in [0.25, 0.3) is 0 Å². The van der Waals surface area contributed by atoms with Gasteiger partial charge in [-0.05, 0) is 29.8 Å². The maximum atomic E-state index is 5.88. The number of thiazole rings is 1.